The Kier molecular flexibility index (Phi) is 8.73. The number of nitrogens with one attached hydrogen (secondary N) is 1. The van der Waals surface area contributed by atoms with Crippen LogP contribution >= 0.6 is 0 Å². The highest BCUT2D eigenvalue weighted by Gasteiger charge is 2.21. The van der Waals surface area contributed by atoms with Crippen LogP contribution in [-0.4, -0.2) is 89.0 Å². The third-order valence-corrected chi connectivity index (χ3v) is 5.66. The summed E-state index contributed by atoms with van der Waals surface area (Å²) in [5, 5.41) is 11.8. The van der Waals surface area contributed by atoms with Crippen LogP contribution in [0.4, 0.5) is 0 Å². The molecule has 1 N–H and O–H groups in total. The summed E-state index contributed by atoms with van der Waals surface area (Å²) >= 11 is 0. The van der Waals surface area contributed by atoms with Gasteiger partial charge in [-0.05, 0) is 25.2 Å². The predicted octanol–water partition coefficient (Wildman–Crippen LogP) is 1.63. The minimum Gasteiger partial charge on any atom is -0.376 e. The van der Waals surface area contributed by atoms with Gasteiger partial charge in [0.05, 0.1) is 12.6 Å². The number of piperazine rings is 1. The fourth-order valence-corrected chi connectivity index (χ4v) is 4.09. The van der Waals surface area contributed by atoms with E-state index in [2.05, 4.69) is 50.7 Å². The molecule has 0 spiro atoms. The van der Waals surface area contributed by atoms with Crippen molar-refractivity contribution in [2.75, 3.05) is 52.4 Å². The second-order valence-corrected chi connectivity index (χ2v) is 8.56. The maximum absolute atomic E-state index is 5.89. The molecule has 0 saturated carbocycles. The lowest BCUT2D eigenvalue weighted by Crippen LogP contribution is -2.53. The molecule has 3 heterocycles. The predicted molar refractivity (Wildman–Crippen MR) is 116 cm³/mol. The molecule has 0 aromatic carbocycles. The second-order valence-electron chi connectivity index (χ2n) is 8.56. The highest BCUT2D eigenvalue weighted by Crippen LogP contribution is 2.13. The van der Waals surface area contributed by atoms with E-state index in [1.807, 2.05) is 6.33 Å². The van der Waals surface area contributed by atoms with Gasteiger partial charge in [-0.1, -0.05) is 20.8 Å². The van der Waals surface area contributed by atoms with Crippen LogP contribution in [0.5, 0.6) is 0 Å². The van der Waals surface area contributed by atoms with Crippen LogP contribution in [0.25, 0.3) is 0 Å². The van der Waals surface area contributed by atoms with Crippen LogP contribution in [0, 0.1) is 5.92 Å². The molecular formula is C21H39N7O. The van der Waals surface area contributed by atoms with Gasteiger partial charge in [-0.2, -0.15) is 0 Å². The van der Waals surface area contributed by atoms with Gasteiger partial charge < -0.3 is 19.5 Å². The Morgan fingerprint density at radius 3 is 2.79 bits per heavy atom. The maximum atomic E-state index is 5.89. The van der Waals surface area contributed by atoms with E-state index < -0.39 is 0 Å². The number of aromatic nitrogens is 3. The lowest BCUT2D eigenvalue weighted by molar-refractivity contribution is 0.0222. The molecule has 1 unspecified atom stereocenters. The maximum Gasteiger partial charge on any atom is 0.194 e. The van der Waals surface area contributed by atoms with Crippen LogP contribution in [0.15, 0.2) is 11.3 Å². The third kappa shape index (κ3) is 6.96. The molecule has 29 heavy (non-hydrogen) atoms. The molecule has 164 valence electrons. The molecule has 0 radical (unpaired) electrons. The molecule has 8 nitrogen and oxygen atoms in total. The van der Waals surface area contributed by atoms with Crippen LogP contribution < -0.4 is 5.32 Å². The van der Waals surface area contributed by atoms with Crippen molar-refractivity contribution in [3.63, 3.8) is 0 Å². The molecule has 2 aliphatic rings. The minimum atomic E-state index is 0.271. The molecule has 2 saturated heterocycles. The quantitative estimate of drug-likeness (QED) is 0.524. The summed E-state index contributed by atoms with van der Waals surface area (Å²) < 4.78 is 8.01. The molecule has 1 aromatic rings. The number of rotatable bonds is 8. The van der Waals surface area contributed by atoms with Crippen molar-refractivity contribution in [2.45, 2.75) is 59.1 Å². The topological polar surface area (TPSA) is 70.8 Å². The van der Waals surface area contributed by atoms with E-state index in [0.29, 0.717) is 5.92 Å². The van der Waals surface area contributed by atoms with Gasteiger partial charge in [0.15, 0.2) is 5.96 Å². The van der Waals surface area contributed by atoms with Gasteiger partial charge in [0.25, 0.3) is 0 Å². The van der Waals surface area contributed by atoms with Crippen molar-refractivity contribution in [3.8, 4) is 0 Å². The fourth-order valence-electron chi connectivity index (χ4n) is 4.09. The van der Waals surface area contributed by atoms with E-state index in [0.717, 1.165) is 77.0 Å². The van der Waals surface area contributed by atoms with Gasteiger partial charge in [0.1, 0.15) is 12.2 Å². The van der Waals surface area contributed by atoms with Gasteiger partial charge in [-0.3, -0.25) is 9.89 Å². The van der Waals surface area contributed by atoms with Crippen molar-refractivity contribution in [2.24, 2.45) is 10.9 Å². The van der Waals surface area contributed by atoms with E-state index in [4.69, 9.17) is 9.73 Å². The summed E-state index contributed by atoms with van der Waals surface area (Å²) in [7, 11) is 0. The number of hydrogen-bond donors (Lipinski definition) is 1. The lowest BCUT2D eigenvalue weighted by Gasteiger charge is -2.37. The average Bonchev–Trinajstić information content (AvgIpc) is 3.19. The Bertz CT molecular complexity index is 616. The monoisotopic (exact) mass is 405 g/mol. The number of ether oxygens (including phenoxy) is 1. The van der Waals surface area contributed by atoms with E-state index in [-0.39, 0.29) is 6.10 Å². The molecule has 8 heteroatoms. The summed E-state index contributed by atoms with van der Waals surface area (Å²) in [6, 6.07) is 0. The summed E-state index contributed by atoms with van der Waals surface area (Å²) in [6.45, 7) is 15.4. The van der Waals surface area contributed by atoms with Gasteiger partial charge in [0, 0.05) is 58.8 Å². The largest absolute Gasteiger partial charge is 0.376 e. The van der Waals surface area contributed by atoms with Crippen molar-refractivity contribution in [1.29, 1.82) is 0 Å². The van der Waals surface area contributed by atoms with E-state index in [1.54, 1.807) is 0 Å². The molecular weight excluding hydrogens is 366 g/mol. The second kappa shape index (κ2) is 11.5. The third-order valence-electron chi connectivity index (χ3n) is 5.66. The Morgan fingerprint density at radius 1 is 1.28 bits per heavy atom. The highest BCUT2D eigenvalue weighted by molar-refractivity contribution is 5.80. The van der Waals surface area contributed by atoms with Crippen molar-refractivity contribution in [3.05, 3.63) is 12.2 Å². The molecule has 0 aliphatic carbocycles. The van der Waals surface area contributed by atoms with Gasteiger partial charge >= 0.3 is 0 Å². The summed E-state index contributed by atoms with van der Waals surface area (Å²) in [5.41, 5.74) is 0. The Morgan fingerprint density at radius 2 is 2.10 bits per heavy atom. The van der Waals surface area contributed by atoms with Crippen molar-refractivity contribution in [1.82, 2.24) is 29.9 Å². The Hall–Kier alpha value is -1.67. The highest BCUT2D eigenvalue weighted by atomic mass is 16.5. The lowest BCUT2D eigenvalue weighted by atomic mass is 10.1. The van der Waals surface area contributed by atoms with Crippen LogP contribution in [0.1, 0.15) is 45.9 Å². The minimum absolute atomic E-state index is 0.271. The molecule has 1 aromatic heterocycles. The summed E-state index contributed by atoms with van der Waals surface area (Å²) in [5.74, 6) is 2.77. The smallest absolute Gasteiger partial charge is 0.194 e. The zero-order valence-corrected chi connectivity index (χ0v) is 18.5. The van der Waals surface area contributed by atoms with Gasteiger partial charge in [-0.25, -0.2) is 0 Å². The molecule has 1 atom stereocenters. The normalized spacial score (nSPS) is 21.7. The molecule has 2 fully saturated rings. The van der Waals surface area contributed by atoms with Crippen molar-refractivity contribution >= 4 is 5.96 Å². The zero-order chi connectivity index (χ0) is 20.5. The SMILES string of the molecule is CCc1nncn1CCNC(=NCC1CCCCO1)N1CCN(CC(C)C)CC1. The first-order valence-corrected chi connectivity index (χ1v) is 11.4. The van der Waals surface area contributed by atoms with Gasteiger partial charge in [-0.15, -0.1) is 10.2 Å². The molecule has 2 aliphatic heterocycles. The molecule has 0 amide bonds. The van der Waals surface area contributed by atoms with Crippen LogP contribution in [-0.2, 0) is 17.7 Å². The van der Waals surface area contributed by atoms with Crippen LogP contribution in [0.2, 0.25) is 0 Å². The Balaban J connectivity index is 1.55. The fraction of sp³-hybridized carbons (Fsp3) is 0.857. The standard InChI is InChI=1S/C21H39N7O/c1-4-20-25-24-17-28(20)9-8-22-21(23-15-19-7-5-6-14-29-19)27-12-10-26(11-13-27)16-18(2)3/h17-19H,4-16H2,1-3H3,(H,22,23). The van der Waals surface area contributed by atoms with E-state index >= 15 is 0 Å². The van der Waals surface area contributed by atoms with E-state index in [9.17, 15) is 0 Å². The number of aliphatic imine (C=N–C) groups is 1. The summed E-state index contributed by atoms with van der Waals surface area (Å²) in [6.07, 6.45) is 6.55. The first kappa shape index (κ1) is 22.0. The van der Waals surface area contributed by atoms with Gasteiger partial charge in [0.2, 0.25) is 0 Å². The first-order valence-electron chi connectivity index (χ1n) is 11.4. The number of nitrogens with zero attached hydrogens (tertiary/aromatic N) is 6. The molecule has 0 bridgehead atoms. The number of aryl methyl sites for hydroxylation is 1. The van der Waals surface area contributed by atoms with Crippen LogP contribution in [0.3, 0.4) is 0 Å². The number of hydrogen-bond acceptors (Lipinski definition) is 5. The Labute approximate surface area is 175 Å². The average molecular weight is 406 g/mol. The number of guanidine groups is 1. The molecule has 3 rings (SSSR count). The zero-order valence-electron chi connectivity index (χ0n) is 18.5. The van der Waals surface area contributed by atoms with E-state index in [1.165, 1.54) is 19.4 Å². The summed E-state index contributed by atoms with van der Waals surface area (Å²) in [4.78, 5) is 9.94. The first-order chi connectivity index (χ1) is 14.2. The van der Waals surface area contributed by atoms with Crippen molar-refractivity contribution < 1.29 is 4.74 Å².